The monoisotopic (exact) mass is 282 g/mol. The number of hydrogen-bond acceptors (Lipinski definition) is 6. The summed E-state index contributed by atoms with van der Waals surface area (Å²) in [6.45, 7) is 1.47. The van der Waals surface area contributed by atoms with Crippen molar-refractivity contribution in [1.82, 2.24) is 0 Å². The highest BCUT2D eigenvalue weighted by molar-refractivity contribution is 5.90. The molecule has 0 aliphatic rings. The number of rotatable bonds is 10. The SMILES string of the molecule is O=Cc1ccc(C(=O)OCCOCCOCCO)cc1. The van der Waals surface area contributed by atoms with E-state index < -0.39 is 5.97 Å². The Bertz CT molecular complexity index is 401. The van der Waals surface area contributed by atoms with E-state index >= 15 is 0 Å². The topological polar surface area (TPSA) is 82.1 Å². The van der Waals surface area contributed by atoms with Crippen molar-refractivity contribution >= 4 is 12.3 Å². The number of aliphatic hydroxyl groups is 1. The van der Waals surface area contributed by atoms with Crippen molar-refractivity contribution in [1.29, 1.82) is 0 Å². The molecule has 0 heterocycles. The molecule has 0 aliphatic carbocycles. The molecule has 0 aliphatic heterocycles. The molecule has 110 valence electrons. The maximum atomic E-state index is 11.6. The highest BCUT2D eigenvalue weighted by Gasteiger charge is 2.06. The zero-order chi connectivity index (χ0) is 14.6. The van der Waals surface area contributed by atoms with Gasteiger partial charge in [0.25, 0.3) is 0 Å². The minimum absolute atomic E-state index is 0.0134. The highest BCUT2D eigenvalue weighted by Crippen LogP contribution is 2.04. The summed E-state index contributed by atoms with van der Waals surface area (Å²) < 4.78 is 15.2. The molecule has 0 spiro atoms. The van der Waals surface area contributed by atoms with Crippen LogP contribution in [0.2, 0.25) is 0 Å². The second-order valence-corrected chi connectivity index (χ2v) is 3.82. The van der Waals surface area contributed by atoms with Crippen molar-refractivity contribution in [3.63, 3.8) is 0 Å². The van der Waals surface area contributed by atoms with Crippen LogP contribution in [0.5, 0.6) is 0 Å². The lowest BCUT2D eigenvalue weighted by Gasteiger charge is -2.06. The molecule has 1 rings (SSSR count). The molecule has 0 radical (unpaired) electrons. The van der Waals surface area contributed by atoms with E-state index in [0.29, 0.717) is 30.6 Å². The van der Waals surface area contributed by atoms with Gasteiger partial charge in [-0.2, -0.15) is 0 Å². The molecule has 0 saturated carbocycles. The second kappa shape index (κ2) is 10.1. The normalized spacial score (nSPS) is 10.2. The molecule has 0 saturated heterocycles. The van der Waals surface area contributed by atoms with Gasteiger partial charge in [-0.05, 0) is 12.1 Å². The molecule has 0 fully saturated rings. The molecule has 0 amide bonds. The minimum Gasteiger partial charge on any atom is -0.460 e. The van der Waals surface area contributed by atoms with Crippen LogP contribution in [0.25, 0.3) is 0 Å². The van der Waals surface area contributed by atoms with Gasteiger partial charge in [0.1, 0.15) is 12.9 Å². The summed E-state index contributed by atoms with van der Waals surface area (Å²) in [5.41, 5.74) is 0.898. The van der Waals surface area contributed by atoms with Crippen molar-refractivity contribution in [2.45, 2.75) is 0 Å². The van der Waals surface area contributed by atoms with E-state index in [2.05, 4.69) is 0 Å². The molecule has 6 nitrogen and oxygen atoms in total. The number of carbonyl (C=O) groups excluding carboxylic acids is 2. The van der Waals surface area contributed by atoms with Crippen LogP contribution in [0.1, 0.15) is 20.7 Å². The molecular formula is C14H18O6. The van der Waals surface area contributed by atoms with Gasteiger partial charge in [-0.3, -0.25) is 4.79 Å². The van der Waals surface area contributed by atoms with E-state index in [1.54, 1.807) is 12.1 Å². The van der Waals surface area contributed by atoms with Crippen LogP contribution in [0.15, 0.2) is 24.3 Å². The van der Waals surface area contributed by atoms with E-state index in [1.807, 2.05) is 0 Å². The van der Waals surface area contributed by atoms with Crippen molar-refractivity contribution in [2.75, 3.05) is 39.6 Å². The maximum Gasteiger partial charge on any atom is 0.338 e. The zero-order valence-electron chi connectivity index (χ0n) is 11.1. The second-order valence-electron chi connectivity index (χ2n) is 3.82. The predicted octanol–water partition coefficient (Wildman–Crippen LogP) is 0.681. The summed E-state index contributed by atoms with van der Waals surface area (Å²) in [4.78, 5) is 22.1. The minimum atomic E-state index is -0.456. The van der Waals surface area contributed by atoms with Crippen LogP contribution >= 0.6 is 0 Å². The van der Waals surface area contributed by atoms with Gasteiger partial charge < -0.3 is 19.3 Å². The molecule has 0 bridgehead atoms. The average Bonchev–Trinajstić information content (AvgIpc) is 2.50. The third kappa shape index (κ3) is 6.42. The Morgan fingerprint density at radius 1 is 1.00 bits per heavy atom. The van der Waals surface area contributed by atoms with Crippen LogP contribution in [0.4, 0.5) is 0 Å². The summed E-state index contributed by atoms with van der Waals surface area (Å²) in [6, 6.07) is 6.18. The lowest BCUT2D eigenvalue weighted by atomic mass is 10.1. The molecule has 0 aromatic heterocycles. The summed E-state index contributed by atoms with van der Waals surface area (Å²) in [7, 11) is 0. The molecule has 1 aromatic carbocycles. The van der Waals surface area contributed by atoms with E-state index in [4.69, 9.17) is 19.3 Å². The Kier molecular flexibility index (Phi) is 8.21. The van der Waals surface area contributed by atoms with Gasteiger partial charge in [0.2, 0.25) is 0 Å². The zero-order valence-corrected chi connectivity index (χ0v) is 11.1. The number of hydrogen-bond donors (Lipinski definition) is 1. The van der Waals surface area contributed by atoms with Crippen molar-refractivity contribution < 1.29 is 28.9 Å². The maximum absolute atomic E-state index is 11.6. The summed E-state index contributed by atoms with van der Waals surface area (Å²) in [5, 5.41) is 8.47. The first-order chi connectivity index (χ1) is 9.77. The van der Waals surface area contributed by atoms with Gasteiger partial charge >= 0.3 is 5.97 Å². The van der Waals surface area contributed by atoms with Gasteiger partial charge in [0.05, 0.1) is 38.6 Å². The van der Waals surface area contributed by atoms with Gasteiger partial charge in [-0.25, -0.2) is 4.79 Å². The quantitative estimate of drug-likeness (QED) is 0.386. The molecule has 0 unspecified atom stereocenters. The Morgan fingerprint density at radius 3 is 2.20 bits per heavy atom. The van der Waals surface area contributed by atoms with Crippen LogP contribution in [-0.4, -0.2) is 57.0 Å². The van der Waals surface area contributed by atoms with Crippen molar-refractivity contribution in [3.05, 3.63) is 35.4 Å². The first-order valence-electron chi connectivity index (χ1n) is 6.26. The number of aliphatic hydroxyl groups excluding tert-OH is 1. The highest BCUT2D eigenvalue weighted by atomic mass is 16.6. The van der Waals surface area contributed by atoms with Crippen molar-refractivity contribution in [2.24, 2.45) is 0 Å². The number of ether oxygens (including phenoxy) is 3. The average molecular weight is 282 g/mol. The molecule has 1 aromatic rings. The number of benzene rings is 1. The Morgan fingerprint density at radius 2 is 1.60 bits per heavy atom. The Balaban J connectivity index is 2.12. The van der Waals surface area contributed by atoms with Gasteiger partial charge in [0, 0.05) is 5.56 Å². The van der Waals surface area contributed by atoms with Crippen LogP contribution < -0.4 is 0 Å². The standard InChI is InChI=1S/C14H18O6/c15-5-6-18-7-8-19-9-10-20-14(17)13-3-1-12(11-16)2-4-13/h1-4,11,15H,5-10H2. The van der Waals surface area contributed by atoms with Crippen LogP contribution in [-0.2, 0) is 14.2 Å². The third-order valence-electron chi connectivity index (χ3n) is 2.35. The molecule has 6 heteroatoms. The van der Waals surface area contributed by atoms with Crippen LogP contribution in [0.3, 0.4) is 0 Å². The van der Waals surface area contributed by atoms with Gasteiger partial charge in [0.15, 0.2) is 0 Å². The summed E-state index contributed by atoms with van der Waals surface area (Å²) in [5.74, 6) is -0.456. The van der Waals surface area contributed by atoms with Gasteiger partial charge in [-0.1, -0.05) is 12.1 Å². The summed E-state index contributed by atoms with van der Waals surface area (Å²) >= 11 is 0. The summed E-state index contributed by atoms with van der Waals surface area (Å²) in [6.07, 6.45) is 0.710. The fraction of sp³-hybridized carbons (Fsp3) is 0.429. The number of carbonyl (C=O) groups is 2. The van der Waals surface area contributed by atoms with E-state index in [9.17, 15) is 9.59 Å². The lowest BCUT2D eigenvalue weighted by molar-refractivity contribution is 0.00919. The Hall–Kier alpha value is -1.76. The molecule has 0 atom stereocenters. The largest absolute Gasteiger partial charge is 0.460 e. The lowest BCUT2D eigenvalue weighted by Crippen LogP contribution is -2.13. The molecule has 20 heavy (non-hydrogen) atoms. The van der Waals surface area contributed by atoms with Gasteiger partial charge in [-0.15, -0.1) is 0 Å². The van der Waals surface area contributed by atoms with E-state index in [-0.39, 0.29) is 26.4 Å². The fourth-order valence-electron chi connectivity index (χ4n) is 1.36. The van der Waals surface area contributed by atoms with E-state index in [0.717, 1.165) is 0 Å². The number of aldehydes is 1. The van der Waals surface area contributed by atoms with E-state index in [1.165, 1.54) is 12.1 Å². The van der Waals surface area contributed by atoms with Crippen LogP contribution in [0, 0.1) is 0 Å². The Labute approximate surface area is 117 Å². The predicted molar refractivity (Wildman–Crippen MR) is 70.8 cm³/mol. The molecule has 1 N–H and O–H groups in total. The third-order valence-corrected chi connectivity index (χ3v) is 2.35. The first-order valence-corrected chi connectivity index (χ1v) is 6.26. The molecular weight excluding hydrogens is 264 g/mol. The smallest absolute Gasteiger partial charge is 0.338 e. The number of esters is 1. The fourth-order valence-corrected chi connectivity index (χ4v) is 1.36. The first kappa shape index (κ1) is 16.3. The van der Waals surface area contributed by atoms with Crippen molar-refractivity contribution in [3.8, 4) is 0 Å².